The highest BCUT2D eigenvalue weighted by Gasteiger charge is 2.31. The van der Waals surface area contributed by atoms with Gasteiger partial charge in [0.1, 0.15) is 0 Å². The summed E-state index contributed by atoms with van der Waals surface area (Å²) in [6.45, 7) is 20.1. The minimum Gasteiger partial charge on any atom is -0.390 e. The monoisotopic (exact) mass is 392 g/mol. The Kier molecular flexibility index (Phi) is 9.18. The van der Waals surface area contributed by atoms with Gasteiger partial charge in [0, 0.05) is 6.61 Å². The summed E-state index contributed by atoms with van der Waals surface area (Å²) < 4.78 is 12.0. The molecule has 0 bridgehead atoms. The largest absolute Gasteiger partial charge is 0.390 e. The van der Waals surface area contributed by atoms with Crippen molar-refractivity contribution in [3.63, 3.8) is 0 Å². The molecule has 1 rings (SSSR count). The van der Waals surface area contributed by atoms with E-state index in [9.17, 15) is 5.11 Å². The van der Waals surface area contributed by atoms with Crippen LogP contribution in [0.4, 0.5) is 0 Å². The average molecular weight is 393 g/mol. The zero-order valence-electron chi connectivity index (χ0n) is 19.6. The average Bonchev–Trinajstić information content (AvgIpc) is 2.48. The van der Waals surface area contributed by atoms with Gasteiger partial charge in [-0.2, -0.15) is 0 Å². The van der Waals surface area contributed by atoms with E-state index >= 15 is 0 Å². The highest BCUT2D eigenvalue weighted by Crippen LogP contribution is 2.37. The first-order valence-corrected chi connectivity index (χ1v) is 10.6. The molecule has 0 spiro atoms. The topological polar surface area (TPSA) is 38.7 Å². The second-order valence-corrected chi connectivity index (χ2v) is 11.4. The van der Waals surface area contributed by atoms with Crippen LogP contribution in [-0.2, 0) is 16.1 Å². The number of rotatable bonds is 13. The molecular weight excluding hydrogens is 348 g/mol. The van der Waals surface area contributed by atoms with Crippen molar-refractivity contribution in [1.29, 1.82) is 0 Å². The van der Waals surface area contributed by atoms with Gasteiger partial charge in [-0.25, -0.2) is 0 Å². The Balaban J connectivity index is 2.35. The van der Waals surface area contributed by atoms with Crippen LogP contribution in [0.3, 0.4) is 0 Å². The summed E-state index contributed by atoms with van der Waals surface area (Å²) in [6, 6.07) is 10.3. The molecule has 0 amide bonds. The van der Waals surface area contributed by atoms with E-state index in [2.05, 4.69) is 53.7 Å². The molecule has 3 heteroatoms. The lowest BCUT2D eigenvalue weighted by Gasteiger charge is -2.36. The lowest BCUT2D eigenvalue weighted by atomic mass is 9.74. The van der Waals surface area contributed by atoms with Crippen molar-refractivity contribution in [2.24, 2.45) is 16.2 Å². The third-order valence-electron chi connectivity index (χ3n) is 4.89. The lowest BCUT2D eigenvalue weighted by Crippen LogP contribution is -2.34. The van der Waals surface area contributed by atoms with Gasteiger partial charge < -0.3 is 14.6 Å². The first-order valence-electron chi connectivity index (χ1n) is 10.6. The van der Waals surface area contributed by atoms with Crippen molar-refractivity contribution in [3.05, 3.63) is 35.9 Å². The maximum Gasteiger partial charge on any atom is 0.0716 e. The van der Waals surface area contributed by atoms with Crippen LogP contribution < -0.4 is 0 Å². The Hall–Kier alpha value is -0.900. The van der Waals surface area contributed by atoms with Crippen LogP contribution in [-0.4, -0.2) is 30.5 Å². The highest BCUT2D eigenvalue weighted by atomic mass is 16.5. The van der Waals surface area contributed by atoms with E-state index in [1.54, 1.807) is 0 Å². The molecule has 0 aliphatic rings. The van der Waals surface area contributed by atoms with Crippen molar-refractivity contribution in [2.45, 2.75) is 86.9 Å². The van der Waals surface area contributed by atoms with Crippen LogP contribution in [0.2, 0.25) is 0 Å². The summed E-state index contributed by atoms with van der Waals surface area (Å²) in [5.74, 6) is 0. The molecule has 0 fully saturated rings. The molecule has 1 aromatic rings. The third kappa shape index (κ3) is 11.8. The predicted molar refractivity (Wildman–Crippen MR) is 118 cm³/mol. The Bertz CT molecular complexity index is 553. The number of benzene rings is 1. The molecule has 0 aliphatic heterocycles. The van der Waals surface area contributed by atoms with Gasteiger partial charge in [0.2, 0.25) is 0 Å². The van der Waals surface area contributed by atoms with E-state index < -0.39 is 5.60 Å². The summed E-state index contributed by atoms with van der Waals surface area (Å²) in [5, 5.41) is 10.1. The van der Waals surface area contributed by atoms with E-state index in [1.165, 1.54) is 5.56 Å². The molecule has 28 heavy (non-hydrogen) atoms. The molecule has 0 heterocycles. The van der Waals surface area contributed by atoms with Crippen LogP contribution in [0.5, 0.6) is 0 Å². The van der Waals surface area contributed by atoms with Crippen LogP contribution in [0, 0.1) is 16.2 Å². The van der Waals surface area contributed by atoms with Crippen molar-refractivity contribution in [2.75, 3.05) is 19.8 Å². The molecule has 0 saturated heterocycles. The summed E-state index contributed by atoms with van der Waals surface area (Å²) in [5.41, 5.74) is 0.835. The zero-order valence-corrected chi connectivity index (χ0v) is 19.6. The normalized spacial score (nSPS) is 13.8. The second-order valence-electron chi connectivity index (χ2n) is 11.4. The SMILES string of the molecule is CC(C)(O)CC(C)(C)COCC(C)(C)CC(C)(C)CCOCc1ccccc1. The fourth-order valence-electron chi connectivity index (χ4n) is 4.37. The fourth-order valence-corrected chi connectivity index (χ4v) is 4.37. The van der Waals surface area contributed by atoms with Gasteiger partial charge in [-0.15, -0.1) is 0 Å². The molecule has 0 saturated carbocycles. The maximum atomic E-state index is 10.1. The molecule has 3 nitrogen and oxygen atoms in total. The Labute approximate surface area is 173 Å². The smallest absolute Gasteiger partial charge is 0.0716 e. The van der Waals surface area contributed by atoms with Gasteiger partial charge in [-0.05, 0) is 54.9 Å². The van der Waals surface area contributed by atoms with E-state index in [0.717, 1.165) is 32.5 Å². The molecule has 0 radical (unpaired) electrons. The second kappa shape index (κ2) is 10.2. The van der Waals surface area contributed by atoms with Crippen LogP contribution in [0.1, 0.15) is 80.2 Å². The molecule has 162 valence electrons. The first kappa shape index (κ1) is 25.1. The van der Waals surface area contributed by atoms with E-state index in [4.69, 9.17) is 9.47 Å². The van der Waals surface area contributed by atoms with E-state index in [1.807, 2.05) is 32.0 Å². The Morgan fingerprint density at radius 2 is 1.25 bits per heavy atom. The summed E-state index contributed by atoms with van der Waals surface area (Å²) in [6.07, 6.45) is 2.85. The molecule has 0 atom stereocenters. The Morgan fingerprint density at radius 1 is 0.714 bits per heavy atom. The van der Waals surface area contributed by atoms with Gasteiger partial charge in [0.15, 0.2) is 0 Å². The lowest BCUT2D eigenvalue weighted by molar-refractivity contribution is -0.0359. The van der Waals surface area contributed by atoms with Crippen LogP contribution in [0.15, 0.2) is 30.3 Å². The first-order chi connectivity index (χ1) is 12.7. The predicted octanol–water partition coefficient (Wildman–Crippen LogP) is 6.24. The number of aliphatic hydroxyl groups is 1. The zero-order chi connectivity index (χ0) is 21.5. The van der Waals surface area contributed by atoms with Gasteiger partial charge in [-0.3, -0.25) is 0 Å². The third-order valence-corrected chi connectivity index (χ3v) is 4.89. The van der Waals surface area contributed by atoms with Crippen molar-refractivity contribution in [1.82, 2.24) is 0 Å². The summed E-state index contributed by atoms with van der Waals surface area (Å²) >= 11 is 0. The fraction of sp³-hybridized carbons (Fsp3) is 0.760. The number of hydrogen-bond donors (Lipinski definition) is 1. The minimum atomic E-state index is -0.663. The summed E-state index contributed by atoms with van der Waals surface area (Å²) in [7, 11) is 0. The van der Waals surface area contributed by atoms with Crippen molar-refractivity contribution < 1.29 is 14.6 Å². The molecule has 1 N–H and O–H groups in total. The van der Waals surface area contributed by atoms with Crippen LogP contribution >= 0.6 is 0 Å². The molecular formula is C25H44O3. The highest BCUT2D eigenvalue weighted by molar-refractivity contribution is 5.13. The van der Waals surface area contributed by atoms with E-state index in [0.29, 0.717) is 13.2 Å². The Morgan fingerprint density at radius 3 is 1.79 bits per heavy atom. The van der Waals surface area contributed by atoms with Crippen LogP contribution in [0.25, 0.3) is 0 Å². The van der Waals surface area contributed by atoms with E-state index in [-0.39, 0.29) is 16.2 Å². The van der Waals surface area contributed by atoms with Crippen molar-refractivity contribution in [3.8, 4) is 0 Å². The minimum absolute atomic E-state index is 0.0326. The van der Waals surface area contributed by atoms with Crippen molar-refractivity contribution >= 4 is 0 Å². The molecule has 1 aromatic carbocycles. The maximum absolute atomic E-state index is 10.1. The standard InChI is InChI=1S/C25H44O3/c1-22(2,14-15-27-16-21-12-10-9-11-13-21)17-23(3,4)19-28-20-24(5,6)18-25(7,8)26/h9-13,26H,14-20H2,1-8H3. The van der Waals surface area contributed by atoms with Gasteiger partial charge in [0.25, 0.3) is 0 Å². The summed E-state index contributed by atoms with van der Waals surface area (Å²) in [4.78, 5) is 0. The molecule has 0 aliphatic carbocycles. The quantitative estimate of drug-likeness (QED) is 0.404. The van der Waals surface area contributed by atoms with Gasteiger partial charge >= 0.3 is 0 Å². The number of ether oxygens (including phenoxy) is 2. The molecule has 0 aromatic heterocycles. The molecule has 0 unspecified atom stereocenters. The van der Waals surface area contributed by atoms with Gasteiger partial charge in [0.05, 0.1) is 25.4 Å². The van der Waals surface area contributed by atoms with Gasteiger partial charge in [-0.1, -0.05) is 71.9 Å². The number of hydrogen-bond acceptors (Lipinski definition) is 3.